The van der Waals surface area contributed by atoms with Crippen LogP contribution in [0.5, 0.6) is 0 Å². The van der Waals surface area contributed by atoms with Gasteiger partial charge in [-0.3, -0.25) is 19.1 Å². The highest BCUT2D eigenvalue weighted by atomic mass is 16.2. The first-order chi connectivity index (χ1) is 15.9. The number of amides is 1. The number of fused-ring (bicyclic) bond motifs is 1. The lowest BCUT2D eigenvalue weighted by Gasteiger charge is -2.28. The number of aryl methyl sites for hydroxylation is 2. The number of hydrogen-bond donors (Lipinski definition) is 2. The van der Waals surface area contributed by atoms with Crippen molar-refractivity contribution >= 4 is 17.4 Å². The van der Waals surface area contributed by atoms with Crippen molar-refractivity contribution in [1.29, 1.82) is 0 Å². The van der Waals surface area contributed by atoms with Crippen LogP contribution in [0.4, 0.5) is 11.5 Å². The van der Waals surface area contributed by atoms with Crippen LogP contribution < -0.4 is 16.6 Å². The summed E-state index contributed by atoms with van der Waals surface area (Å²) in [6.45, 7) is 7.53. The van der Waals surface area contributed by atoms with Gasteiger partial charge in [0.1, 0.15) is 12.4 Å². The van der Waals surface area contributed by atoms with Crippen molar-refractivity contribution in [2.45, 2.75) is 65.0 Å². The van der Waals surface area contributed by atoms with Gasteiger partial charge in [-0.25, -0.2) is 4.79 Å². The van der Waals surface area contributed by atoms with E-state index in [0.717, 1.165) is 55.6 Å². The minimum absolute atomic E-state index is 0.00612. The maximum absolute atomic E-state index is 13.0. The second-order valence-electron chi connectivity index (χ2n) is 9.46. The lowest BCUT2D eigenvalue weighted by Crippen LogP contribution is -2.45. The number of rotatable bonds is 9. The Morgan fingerprint density at radius 1 is 1.09 bits per heavy atom. The molecule has 33 heavy (non-hydrogen) atoms. The molecule has 1 aliphatic carbocycles. The van der Waals surface area contributed by atoms with Crippen molar-refractivity contribution in [3.63, 3.8) is 0 Å². The Bertz CT molecular complexity index is 1070. The second-order valence-corrected chi connectivity index (χ2v) is 9.46. The Hall–Kier alpha value is -2.87. The number of benzene rings is 1. The van der Waals surface area contributed by atoms with Crippen LogP contribution in [0.25, 0.3) is 0 Å². The number of nitrogens with one attached hydrogen (secondary N) is 2. The van der Waals surface area contributed by atoms with Gasteiger partial charge in [0.25, 0.3) is 5.56 Å². The highest BCUT2D eigenvalue weighted by Gasteiger charge is 2.20. The molecule has 4 rings (SSSR count). The van der Waals surface area contributed by atoms with Crippen molar-refractivity contribution in [3.8, 4) is 0 Å². The number of nitrogens with zero attached hydrogens (tertiary/aromatic N) is 3. The van der Waals surface area contributed by atoms with Crippen LogP contribution in [-0.4, -0.2) is 57.5 Å². The molecular formula is C25H35N5O3. The molecule has 2 heterocycles. The zero-order valence-electron chi connectivity index (χ0n) is 19.7. The van der Waals surface area contributed by atoms with Gasteiger partial charge in [-0.2, -0.15) is 0 Å². The normalized spacial score (nSPS) is 15.7. The summed E-state index contributed by atoms with van der Waals surface area (Å²) in [5.41, 5.74) is 2.43. The number of aromatic nitrogens is 2. The number of carbonyl (C=O) groups is 1. The molecule has 178 valence electrons. The van der Waals surface area contributed by atoms with Crippen LogP contribution in [-0.2, 0) is 24.2 Å². The summed E-state index contributed by atoms with van der Waals surface area (Å²) in [7, 11) is 0. The van der Waals surface area contributed by atoms with Gasteiger partial charge in [0.2, 0.25) is 5.91 Å². The molecular weight excluding hydrogens is 418 g/mol. The number of carbonyl (C=O) groups excluding carboxylic acids is 1. The van der Waals surface area contributed by atoms with Crippen molar-refractivity contribution < 1.29 is 4.79 Å². The standard InChI is InChI=1S/C25H35N5O3/c1-18(2)29(14-6-13-28-11-3-4-12-28)24(32)17-30-23(31)16-22(27-25(30)33)26-21-10-9-19-7-5-8-20(19)15-21/h9-10,15-16,18,26H,3-8,11-14,17H2,1-2H3,(H,27,33). The Morgan fingerprint density at radius 3 is 2.58 bits per heavy atom. The van der Waals surface area contributed by atoms with Crippen molar-refractivity contribution in [1.82, 2.24) is 19.4 Å². The minimum atomic E-state index is -0.583. The Labute approximate surface area is 194 Å². The Balaban J connectivity index is 1.40. The van der Waals surface area contributed by atoms with Gasteiger partial charge in [0.15, 0.2) is 0 Å². The molecule has 0 spiro atoms. The monoisotopic (exact) mass is 453 g/mol. The molecule has 1 amide bonds. The van der Waals surface area contributed by atoms with Crippen molar-refractivity contribution in [2.75, 3.05) is 31.5 Å². The predicted octanol–water partition coefficient (Wildman–Crippen LogP) is 2.49. The average Bonchev–Trinajstić information content (AvgIpc) is 3.45. The summed E-state index contributed by atoms with van der Waals surface area (Å²) < 4.78 is 0.978. The fourth-order valence-corrected chi connectivity index (χ4v) is 4.91. The van der Waals surface area contributed by atoms with Gasteiger partial charge < -0.3 is 15.1 Å². The SMILES string of the molecule is CC(C)N(CCCN1CCCC1)C(=O)Cn1c(=O)cc(Nc2ccc3c(c2)CCC3)[nH]c1=O. The quantitative estimate of drug-likeness (QED) is 0.609. The molecule has 1 fully saturated rings. The third-order valence-corrected chi connectivity index (χ3v) is 6.71. The van der Waals surface area contributed by atoms with Gasteiger partial charge in [-0.15, -0.1) is 0 Å². The number of aromatic amines is 1. The zero-order chi connectivity index (χ0) is 23.4. The minimum Gasteiger partial charge on any atom is -0.342 e. The predicted molar refractivity (Wildman–Crippen MR) is 130 cm³/mol. The van der Waals surface area contributed by atoms with Crippen LogP contribution in [0.3, 0.4) is 0 Å². The molecule has 0 bridgehead atoms. The van der Waals surface area contributed by atoms with Gasteiger partial charge in [-0.05, 0) is 95.3 Å². The van der Waals surface area contributed by atoms with Crippen LogP contribution in [0.2, 0.25) is 0 Å². The smallest absolute Gasteiger partial charge is 0.330 e. The number of hydrogen-bond acceptors (Lipinski definition) is 5. The zero-order valence-corrected chi connectivity index (χ0v) is 19.7. The molecule has 1 saturated heterocycles. The van der Waals surface area contributed by atoms with Gasteiger partial charge in [0, 0.05) is 24.3 Å². The largest absolute Gasteiger partial charge is 0.342 e. The first-order valence-electron chi connectivity index (χ1n) is 12.2. The number of anilines is 2. The highest BCUT2D eigenvalue weighted by molar-refractivity contribution is 5.76. The van der Waals surface area contributed by atoms with E-state index in [9.17, 15) is 14.4 Å². The van der Waals surface area contributed by atoms with E-state index < -0.39 is 11.2 Å². The molecule has 1 aliphatic heterocycles. The van der Waals surface area contributed by atoms with Crippen molar-refractivity contribution in [2.24, 2.45) is 0 Å². The lowest BCUT2D eigenvalue weighted by atomic mass is 10.1. The lowest BCUT2D eigenvalue weighted by molar-refractivity contribution is -0.133. The molecule has 0 saturated carbocycles. The van der Waals surface area contributed by atoms with E-state index in [-0.39, 0.29) is 18.5 Å². The fourth-order valence-electron chi connectivity index (χ4n) is 4.91. The summed E-state index contributed by atoms with van der Waals surface area (Å²) in [4.78, 5) is 45.2. The van der Waals surface area contributed by atoms with E-state index in [2.05, 4.69) is 27.3 Å². The number of H-pyrrole nitrogens is 1. The maximum Gasteiger partial charge on any atom is 0.330 e. The van der Waals surface area contributed by atoms with E-state index in [0.29, 0.717) is 12.4 Å². The molecule has 0 radical (unpaired) electrons. The summed E-state index contributed by atoms with van der Waals surface area (Å²) in [6.07, 6.45) is 6.69. The maximum atomic E-state index is 13.0. The summed E-state index contributed by atoms with van der Waals surface area (Å²) in [5.74, 6) is 0.122. The second kappa shape index (κ2) is 10.4. The third kappa shape index (κ3) is 5.74. The summed E-state index contributed by atoms with van der Waals surface area (Å²) in [6, 6.07) is 7.46. The first kappa shape index (κ1) is 23.3. The van der Waals surface area contributed by atoms with E-state index in [4.69, 9.17) is 0 Å². The van der Waals surface area contributed by atoms with Crippen LogP contribution in [0.1, 0.15) is 50.7 Å². The van der Waals surface area contributed by atoms with Gasteiger partial charge in [0.05, 0.1) is 0 Å². The molecule has 8 heteroatoms. The van der Waals surface area contributed by atoms with Gasteiger partial charge in [-0.1, -0.05) is 6.07 Å². The summed E-state index contributed by atoms with van der Waals surface area (Å²) in [5, 5.41) is 3.12. The van der Waals surface area contributed by atoms with Crippen LogP contribution in [0, 0.1) is 0 Å². The van der Waals surface area contributed by atoms with Gasteiger partial charge >= 0.3 is 5.69 Å². The molecule has 2 N–H and O–H groups in total. The molecule has 2 aliphatic rings. The Morgan fingerprint density at radius 2 is 1.85 bits per heavy atom. The fraction of sp³-hybridized carbons (Fsp3) is 0.560. The molecule has 1 aromatic carbocycles. The Kier molecular flexibility index (Phi) is 7.33. The van der Waals surface area contributed by atoms with Crippen LogP contribution >= 0.6 is 0 Å². The van der Waals surface area contributed by atoms with E-state index in [1.807, 2.05) is 19.9 Å². The topological polar surface area (TPSA) is 90.4 Å². The molecule has 0 unspecified atom stereocenters. The average molecular weight is 454 g/mol. The highest BCUT2D eigenvalue weighted by Crippen LogP contribution is 2.25. The van der Waals surface area contributed by atoms with E-state index in [1.54, 1.807) is 4.90 Å². The first-order valence-corrected chi connectivity index (χ1v) is 12.2. The molecule has 0 atom stereocenters. The molecule has 1 aromatic heterocycles. The summed E-state index contributed by atoms with van der Waals surface area (Å²) >= 11 is 0. The number of likely N-dealkylation sites (tertiary alicyclic amines) is 1. The third-order valence-electron chi connectivity index (χ3n) is 6.71. The molecule has 2 aromatic rings. The molecule has 8 nitrogen and oxygen atoms in total. The van der Waals surface area contributed by atoms with E-state index in [1.165, 1.54) is 30.0 Å². The van der Waals surface area contributed by atoms with E-state index >= 15 is 0 Å². The van der Waals surface area contributed by atoms with Crippen molar-refractivity contribution in [3.05, 3.63) is 56.2 Å². The van der Waals surface area contributed by atoms with Crippen LogP contribution in [0.15, 0.2) is 33.9 Å².